The molecule has 1 fully saturated rings. The van der Waals surface area contributed by atoms with Gasteiger partial charge in [-0.15, -0.1) is 0 Å². The van der Waals surface area contributed by atoms with Crippen LogP contribution in [0.1, 0.15) is 34.5 Å². The Labute approximate surface area is 143 Å². The van der Waals surface area contributed by atoms with Crippen molar-refractivity contribution in [3.8, 4) is 11.8 Å². The highest BCUT2D eigenvalue weighted by Crippen LogP contribution is 2.28. The number of piperidine rings is 1. The Bertz CT molecular complexity index is 828. The quantitative estimate of drug-likeness (QED) is 0.742. The number of rotatable bonds is 1. The summed E-state index contributed by atoms with van der Waals surface area (Å²) in [7, 11) is 0. The Morgan fingerprint density at radius 2 is 1.80 bits per heavy atom. The monoisotopic (exact) mass is 344 g/mol. The molecule has 0 N–H and O–H groups in total. The number of amides is 1. The largest absolute Gasteiger partial charge is 0.337 e. The number of halogens is 3. The first-order valence-electron chi connectivity index (χ1n) is 7.84. The molecule has 1 aliphatic rings. The van der Waals surface area contributed by atoms with Crippen LogP contribution in [0.3, 0.4) is 0 Å². The molecule has 3 rings (SSSR count). The smallest absolute Gasteiger partial charge is 0.272 e. The fourth-order valence-electron chi connectivity index (χ4n) is 2.50. The second-order valence-electron chi connectivity index (χ2n) is 5.84. The van der Waals surface area contributed by atoms with Crippen molar-refractivity contribution in [2.45, 2.75) is 18.8 Å². The SMILES string of the molecule is O=C(c1ccc(C#Cc2cccc(F)c2)cn1)N1CCC(F)(F)CC1. The second kappa shape index (κ2) is 6.98. The van der Waals surface area contributed by atoms with E-state index in [0.29, 0.717) is 11.1 Å². The van der Waals surface area contributed by atoms with Crippen LogP contribution in [-0.4, -0.2) is 34.8 Å². The van der Waals surface area contributed by atoms with E-state index in [1.165, 1.54) is 29.3 Å². The maximum Gasteiger partial charge on any atom is 0.272 e. The molecular formula is C19H15F3N2O. The van der Waals surface area contributed by atoms with Gasteiger partial charge in [0.15, 0.2) is 0 Å². The van der Waals surface area contributed by atoms with Crippen LogP contribution in [0.15, 0.2) is 42.6 Å². The van der Waals surface area contributed by atoms with E-state index >= 15 is 0 Å². The van der Waals surface area contributed by atoms with Crippen LogP contribution in [0, 0.1) is 17.7 Å². The van der Waals surface area contributed by atoms with Crippen LogP contribution in [0.2, 0.25) is 0 Å². The lowest BCUT2D eigenvalue weighted by Gasteiger charge is -2.31. The van der Waals surface area contributed by atoms with E-state index in [0.717, 1.165) is 0 Å². The van der Waals surface area contributed by atoms with Gasteiger partial charge in [0.25, 0.3) is 11.8 Å². The van der Waals surface area contributed by atoms with Crippen molar-refractivity contribution in [1.29, 1.82) is 0 Å². The Morgan fingerprint density at radius 3 is 2.44 bits per heavy atom. The molecule has 0 radical (unpaired) electrons. The Hall–Kier alpha value is -2.81. The van der Waals surface area contributed by atoms with Crippen molar-refractivity contribution in [1.82, 2.24) is 9.88 Å². The van der Waals surface area contributed by atoms with E-state index in [1.54, 1.807) is 18.2 Å². The lowest BCUT2D eigenvalue weighted by Crippen LogP contribution is -2.42. The van der Waals surface area contributed by atoms with Crippen molar-refractivity contribution in [3.05, 3.63) is 65.2 Å². The van der Waals surface area contributed by atoms with E-state index < -0.39 is 5.92 Å². The number of hydrogen-bond acceptors (Lipinski definition) is 2. The second-order valence-corrected chi connectivity index (χ2v) is 5.84. The average molecular weight is 344 g/mol. The van der Waals surface area contributed by atoms with Crippen molar-refractivity contribution >= 4 is 5.91 Å². The molecule has 6 heteroatoms. The molecular weight excluding hydrogens is 329 g/mol. The van der Waals surface area contributed by atoms with Gasteiger partial charge in [0, 0.05) is 43.3 Å². The number of benzene rings is 1. The van der Waals surface area contributed by atoms with Gasteiger partial charge >= 0.3 is 0 Å². The Morgan fingerprint density at radius 1 is 1.08 bits per heavy atom. The number of alkyl halides is 2. The van der Waals surface area contributed by atoms with E-state index in [2.05, 4.69) is 16.8 Å². The molecule has 0 atom stereocenters. The van der Waals surface area contributed by atoms with Crippen LogP contribution < -0.4 is 0 Å². The lowest BCUT2D eigenvalue weighted by atomic mass is 10.1. The minimum atomic E-state index is -2.69. The van der Waals surface area contributed by atoms with Gasteiger partial charge in [-0.25, -0.2) is 18.2 Å². The molecule has 128 valence electrons. The number of carbonyl (C=O) groups is 1. The summed E-state index contributed by atoms with van der Waals surface area (Å²) in [5.74, 6) is 2.24. The van der Waals surface area contributed by atoms with Gasteiger partial charge in [-0.3, -0.25) is 4.79 Å². The first kappa shape index (κ1) is 17.0. The topological polar surface area (TPSA) is 33.2 Å². The molecule has 0 aliphatic carbocycles. The van der Waals surface area contributed by atoms with Gasteiger partial charge in [0.1, 0.15) is 11.5 Å². The highest BCUT2D eigenvalue weighted by Gasteiger charge is 2.35. The predicted molar refractivity (Wildman–Crippen MR) is 86.7 cm³/mol. The molecule has 25 heavy (non-hydrogen) atoms. The van der Waals surface area contributed by atoms with Gasteiger partial charge in [-0.2, -0.15) is 0 Å². The molecule has 0 saturated carbocycles. The molecule has 0 unspecified atom stereocenters. The van der Waals surface area contributed by atoms with Gasteiger partial charge in [0.05, 0.1) is 0 Å². The molecule has 0 bridgehead atoms. The summed E-state index contributed by atoms with van der Waals surface area (Å²) in [4.78, 5) is 17.7. The summed E-state index contributed by atoms with van der Waals surface area (Å²) < 4.78 is 39.4. The minimum Gasteiger partial charge on any atom is -0.337 e. The number of pyridine rings is 1. The lowest BCUT2D eigenvalue weighted by molar-refractivity contribution is -0.0495. The molecule has 0 spiro atoms. The van der Waals surface area contributed by atoms with Gasteiger partial charge in [-0.1, -0.05) is 17.9 Å². The molecule has 1 aliphatic heterocycles. The van der Waals surface area contributed by atoms with E-state index in [1.807, 2.05) is 0 Å². The van der Waals surface area contributed by atoms with Crippen LogP contribution in [0.25, 0.3) is 0 Å². The van der Waals surface area contributed by atoms with Crippen molar-refractivity contribution < 1.29 is 18.0 Å². The summed E-state index contributed by atoms with van der Waals surface area (Å²) >= 11 is 0. The molecule has 1 aromatic heterocycles. The van der Waals surface area contributed by atoms with Gasteiger partial charge in [-0.05, 0) is 30.3 Å². The van der Waals surface area contributed by atoms with Gasteiger partial charge < -0.3 is 4.90 Å². The standard InChI is InChI=1S/C19H15F3N2O/c20-16-3-1-2-14(12-16)4-5-15-6-7-17(23-13-15)18(25)24-10-8-19(21,22)9-11-24/h1-3,6-7,12-13H,8-11H2. The van der Waals surface area contributed by atoms with Crippen LogP contribution in [0.4, 0.5) is 13.2 Å². The van der Waals surface area contributed by atoms with Crippen molar-refractivity contribution in [2.24, 2.45) is 0 Å². The average Bonchev–Trinajstić information content (AvgIpc) is 2.60. The fraction of sp³-hybridized carbons (Fsp3) is 0.263. The Kier molecular flexibility index (Phi) is 4.75. The predicted octanol–water partition coefficient (Wildman–Crippen LogP) is 3.49. The van der Waals surface area contributed by atoms with Crippen molar-refractivity contribution in [3.63, 3.8) is 0 Å². The third-order valence-corrected chi connectivity index (χ3v) is 3.94. The fourth-order valence-corrected chi connectivity index (χ4v) is 2.50. The van der Waals surface area contributed by atoms with Crippen molar-refractivity contribution in [2.75, 3.05) is 13.1 Å². The summed E-state index contributed by atoms with van der Waals surface area (Å²) in [6, 6.07) is 9.07. The Balaban J connectivity index is 1.67. The normalized spacial score (nSPS) is 16.0. The highest BCUT2D eigenvalue weighted by molar-refractivity contribution is 5.92. The van der Waals surface area contributed by atoms with Crippen LogP contribution in [-0.2, 0) is 0 Å². The third kappa shape index (κ3) is 4.38. The third-order valence-electron chi connectivity index (χ3n) is 3.94. The number of likely N-dealkylation sites (tertiary alicyclic amines) is 1. The minimum absolute atomic E-state index is 0.0225. The molecule has 3 nitrogen and oxygen atoms in total. The zero-order valence-corrected chi connectivity index (χ0v) is 13.3. The van der Waals surface area contributed by atoms with E-state index in [9.17, 15) is 18.0 Å². The zero-order chi connectivity index (χ0) is 17.9. The highest BCUT2D eigenvalue weighted by atomic mass is 19.3. The summed E-state index contributed by atoms with van der Waals surface area (Å²) in [5, 5.41) is 0. The first-order chi connectivity index (χ1) is 11.9. The maximum atomic E-state index is 13.2. The number of carbonyl (C=O) groups excluding carboxylic acids is 1. The van der Waals surface area contributed by atoms with Crippen LogP contribution in [0.5, 0.6) is 0 Å². The number of nitrogens with zero attached hydrogens (tertiary/aromatic N) is 2. The van der Waals surface area contributed by atoms with Gasteiger partial charge in [0.2, 0.25) is 0 Å². The van der Waals surface area contributed by atoms with E-state index in [-0.39, 0.29) is 43.3 Å². The number of aromatic nitrogens is 1. The molecule has 2 aromatic rings. The zero-order valence-electron chi connectivity index (χ0n) is 13.3. The molecule has 1 amide bonds. The maximum absolute atomic E-state index is 13.2. The number of hydrogen-bond donors (Lipinski definition) is 0. The summed E-state index contributed by atoms with van der Waals surface area (Å²) in [6.07, 6.45) is 0.796. The van der Waals surface area contributed by atoms with Crippen LogP contribution >= 0.6 is 0 Å². The first-order valence-corrected chi connectivity index (χ1v) is 7.84. The summed E-state index contributed by atoms with van der Waals surface area (Å²) in [5.41, 5.74) is 1.31. The molecule has 2 heterocycles. The molecule has 1 aromatic carbocycles. The summed E-state index contributed by atoms with van der Waals surface area (Å²) in [6.45, 7) is 0.0449. The molecule has 1 saturated heterocycles. The van der Waals surface area contributed by atoms with E-state index in [4.69, 9.17) is 0 Å².